The summed E-state index contributed by atoms with van der Waals surface area (Å²) < 4.78 is 2.11. The van der Waals surface area contributed by atoms with Crippen LogP contribution in [0.3, 0.4) is 0 Å². The molecular formula is C20H27N5OS. The van der Waals surface area contributed by atoms with Gasteiger partial charge in [-0.05, 0) is 50.7 Å². The fourth-order valence-corrected chi connectivity index (χ4v) is 4.67. The molecule has 1 amide bonds. The normalized spacial score (nSPS) is 17.9. The Hall–Kier alpha value is -2.02. The molecule has 1 aromatic carbocycles. The van der Waals surface area contributed by atoms with Crippen molar-refractivity contribution in [2.45, 2.75) is 43.7 Å². The van der Waals surface area contributed by atoms with Gasteiger partial charge in [-0.2, -0.15) is 0 Å². The molecule has 3 heterocycles. The van der Waals surface area contributed by atoms with E-state index in [1.807, 2.05) is 23.1 Å². The lowest BCUT2D eigenvalue weighted by atomic mass is 10.1. The molecule has 2 aliphatic heterocycles. The smallest absolute Gasteiger partial charge is 0.233 e. The van der Waals surface area contributed by atoms with Crippen molar-refractivity contribution in [3.8, 4) is 5.69 Å². The maximum Gasteiger partial charge on any atom is 0.233 e. The molecule has 0 bridgehead atoms. The first-order chi connectivity index (χ1) is 13.3. The minimum Gasteiger partial charge on any atom is -0.342 e. The summed E-state index contributed by atoms with van der Waals surface area (Å²) in [7, 11) is 0. The maximum absolute atomic E-state index is 12.6. The van der Waals surface area contributed by atoms with Crippen LogP contribution in [0.15, 0.2) is 35.5 Å². The van der Waals surface area contributed by atoms with Gasteiger partial charge in [0.25, 0.3) is 0 Å². The van der Waals surface area contributed by atoms with E-state index in [9.17, 15) is 4.79 Å². The van der Waals surface area contributed by atoms with E-state index in [1.165, 1.54) is 37.4 Å². The molecular weight excluding hydrogens is 358 g/mol. The van der Waals surface area contributed by atoms with Crippen molar-refractivity contribution < 1.29 is 4.79 Å². The summed E-state index contributed by atoms with van der Waals surface area (Å²) in [5.74, 6) is 1.53. The number of hydrogen-bond acceptors (Lipinski definition) is 5. The molecule has 0 N–H and O–H groups in total. The largest absolute Gasteiger partial charge is 0.342 e. The van der Waals surface area contributed by atoms with E-state index in [1.54, 1.807) is 0 Å². The van der Waals surface area contributed by atoms with E-state index in [0.29, 0.717) is 5.75 Å². The van der Waals surface area contributed by atoms with Crippen molar-refractivity contribution in [1.29, 1.82) is 0 Å². The van der Waals surface area contributed by atoms with Gasteiger partial charge in [-0.25, -0.2) is 0 Å². The highest BCUT2D eigenvalue weighted by Crippen LogP contribution is 2.28. The van der Waals surface area contributed by atoms with Gasteiger partial charge in [-0.1, -0.05) is 30.0 Å². The predicted octanol–water partition coefficient (Wildman–Crippen LogP) is 3.36. The molecule has 0 atom stereocenters. The molecule has 1 aromatic heterocycles. The van der Waals surface area contributed by atoms with Crippen molar-refractivity contribution in [2.75, 3.05) is 36.8 Å². The molecule has 0 radical (unpaired) electrons. The molecule has 2 fully saturated rings. The molecule has 0 aliphatic carbocycles. The number of nitrogens with zero attached hydrogens (tertiary/aromatic N) is 5. The third kappa shape index (κ3) is 4.29. The monoisotopic (exact) mass is 385 g/mol. The molecule has 4 rings (SSSR count). The van der Waals surface area contributed by atoms with Crippen LogP contribution in [-0.2, 0) is 4.79 Å². The first-order valence-electron chi connectivity index (χ1n) is 9.99. The van der Waals surface area contributed by atoms with Crippen LogP contribution >= 0.6 is 11.8 Å². The Morgan fingerprint density at radius 2 is 1.56 bits per heavy atom. The number of hydrogen-bond donors (Lipinski definition) is 0. The lowest BCUT2D eigenvalue weighted by Gasteiger charge is -2.28. The van der Waals surface area contributed by atoms with Gasteiger partial charge in [0, 0.05) is 26.2 Å². The Labute approximate surface area is 164 Å². The van der Waals surface area contributed by atoms with Gasteiger partial charge in [0.15, 0.2) is 5.16 Å². The average Bonchev–Trinajstić information content (AvgIpc) is 3.18. The Bertz CT molecular complexity index is 751. The van der Waals surface area contributed by atoms with Crippen LogP contribution < -0.4 is 4.90 Å². The Morgan fingerprint density at radius 1 is 0.889 bits per heavy atom. The quantitative estimate of drug-likeness (QED) is 0.739. The molecule has 6 nitrogen and oxygen atoms in total. The van der Waals surface area contributed by atoms with Gasteiger partial charge in [-0.3, -0.25) is 9.36 Å². The van der Waals surface area contributed by atoms with E-state index in [-0.39, 0.29) is 5.91 Å². The van der Waals surface area contributed by atoms with Crippen LogP contribution in [0.1, 0.15) is 38.5 Å². The van der Waals surface area contributed by atoms with Crippen LogP contribution in [0.2, 0.25) is 0 Å². The number of aromatic nitrogens is 3. The zero-order chi connectivity index (χ0) is 18.5. The number of carbonyl (C=O) groups excluding carboxylic acids is 1. The summed E-state index contributed by atoms with van der Waals surface area (Å²) in [6.45, 7) is 3.82. The van der Waals surface area contributed by atoms with Crippen molar-refractivity contribution in [1.82, 2.24) is 19.7 Å². The van der Waals surface area contributed by atoms with Gasteiger partial charge in [0.2, 0.25) is 11.9 Å². The summed E-state index contributed by atoms with van der Waals surface area (Å²) in [6.07, 6.45) is 7.14. The molecule has 0 spiro atoms. The lowest BCUT2D eigenvalue weighted by Crippen LogP contribution is -2.36. The summed E-state index contributed by atoms with van der Waals surface area (Å²) in [6, 6.07) is 10.2. The Kier molecular flexibility index (Phi) is 5.97. The highest BCUT2D eigenvalue weighted by atomic mass is 32.2. The number of amides is 1. The highest BCUT2D eigenvalue weighted by molar-refractivity contribution is 7.99. The van der Waals surface area contributed by atoms with Crippen molar-refractivity contribution in [3.63, 3.8) is 0 Å². The van der Waals surface area contributed by atoms with Crippen LogP contribution in [0.5, 0.6) is 0 Å². The number of likely N-dealkylation sites (tertiary alicyclic amines) is 1. The third-order valence-electron chi connectivity index (χ3n) is 5.30. The van der Waals surface area contributed by atoms with E-state index in [0.717, 1.165) is 55.8 Å². The number of thioether (sulfide) groups is 1. The first-order valence-corrected chi connectivity index (χ1v) is 11.0. The van der Waals surface area contributed by atoms with Gasteiger partial charge in [0.05, 0.1) is 11.4 Å². The summed E-state index contributed by atoms with van der Waals surface area (Å²) in [4.78, 5) is 16.9. The van der Waals surface area contributed by atoms with Crippen LogP contribution in [0.25, 0.3) is 5.69 Å². The molecule has 2 aliphatic rings. The molecule has 0 unspecified atom stereocenters. The minimum absolute atomic E-state index is 0.210. The fraction of sp³-hybridized carbons (Fsp3) is 0.550. The standard InChI is InChI=1S/C20H27N5OS/c26-18(23-12-6-2-7-13-23)16-27-20-22-21-19(24-14-8-3-9-15-24)25(20)17-10-4-1-5-11-17/h1,4-5,10-11H,2-3,6-9,12-16H2. The van der Waals surface area contributed by atoms with Gasteiger partial charge in [-0.15, -0.1) is 10.2 Å². The van der Waals surface area contributed by atoms with Crippen molar-refractivity contribution in [3.05, 3.63) is 30.3 Å². The number of para-hydroxylation sites is 1. The van der Waals surface area contributed by atoms with E-state index in [4.69, 9.17) is 0 Å². The Morgan fingerprint density at radius 3 is 2.26 bits per heavy atom. The molecule has 2 saturated heterocycles. The van der Waals surface area contributed by atoms with Crippen molar-refractivity contribution >= 4 is 23.6 Å². The fourth-order valence-electron chi connectivity index (χ4n) is 3.82. The second-order valence-electron chi connectivity index (χ2n) is 7.23. The van der Waals surface area contributed by atoms with Crippen LogP contribution in [-0.4, -0.2) is 57.5 Å². The zero-order valence-corrected chi connectivity index (χ0v) is 16.5. The third-order valence-corrected chi connectivity index (χ3v) is 6.22. The van der Waals surface area contributed by atoms with E-state index >= 15 is 0 Å². The molecule has 7 heteroatoms. The zero-order valence-electron chi connectivity index (χ0n) is 15.7. The maximum atomic E-state index is 12.6. The van der Waals surface area contributed by atoms with Gasteiger partial charge < -0.3 is 9.80 Å². The minimum atomic E-state index is 0.210. The number of carbonyl (C=O) groups is 1. The van der Waals surface area contributed by atoms with Gasteiger partial charge in [0.1, 0.15) is 0 Å². The van der Waals surface area contributed by atoms with E-state index < -0.39 is 0 Å². The average molecular weight is 386 g/mol. The van der Waals surface area contributed by atoms with Crippen molar-refractivity contribution in [2.24, 2.45) is 0 Å². The molecule has 27 heavy (non-hydrogen) atoms. The number of piperidine rings is 2. The second kappa shape index (κ2) is 8.78. The highest BCUT2D eigenvalue weighted by Gasteiger charge is 2.23. The summed E-state index contributed by atoms with van der Waals surface area (Å²) in [5, 5.41) is 9.75. The topological polar surface area (TPSA) is 54.3 Å². The second-order valence-corrected chi connectivity index (χ2v) is 8.17. The SMILES string of the molecule is O=C(CSc1nnc(N2CCCCC2)n1-c1ccccc1)N1CCCCC1. The molecule has 144 valence electrons. The lowest BCUT2D eigenvalue weighted by molar-refractivity contribution is -0.129. The summed E-state index contributed by atoms with van der Waals surface area (Å²) in [5.41, 5.74) is 1.05. The number of anilines is 1. The predicted molar refractivity (Wildman–Crippen MR) is 109 cm³/mol. The number of benzene rings is 1. The van der Waals surface area contributed by atoms with Crippen LogP contribution in [0.4, 0.5) is 5.95 Å². The van der Waals surface area contributed by atoms with Crippen LogP contribution in [0, 0.1) is 0 Å². The first kappa shape index (κ1) is 18.3. The Balaban J connectivity index is 1.54. The molecule has 0 saturated carbocycles. The number of rotatable bonds is 5. The van der Waals surface area contributed by atoms with Gasteiger partial charge >= 0.3 is 0 Å². The van der Waals surface area contributed by atoms with E-state index in [2.05, 4.69) is 31.8 Å². The summed E-state index contributed by atoms with van der Waals surface area (Å²) >= 11 is 1.50. The molecule has 2 aromatic rings.